The van der Waals surface area contributed by atoms with Gasteiger partial charge in [0, 0.05) is 6.42 Å². The molecule has 0 bridgehead atoms. The van der Waals surface area contributed by atoms with E-state index in [9.17, 15) is 0 Å². The van der Waals surface area contributed by atoms with Gasteiger partial charge < -0.3 is 4.74 Å². The second-order valence-electron chi connectivity index (χ2n) is 2.31. The van der Waals surface area contributed by atoms with Crippen LogP contribution in [0.5, 0.6) is 0 Å². The number of allylic oxidation sites excluding steroid dienone is 5. The molecule has 0 atom stereocenters. The molecule has 0 aliphatic heterocycles. The van der Waals surface area contributed by atoms with Crippen LogP contribution >= 0.6 is 0 Å². The lowest BCUT2D eigenvalue weighted by atomic mass is 10.2. The summed E-state index contributed by atoms with van der Waals surface area (Å²) >= 11 is 0. The van der Waals surface area contributed by atoms with E-state index < -0.39 is 0 Å². The maximum absolute atomic E-state index is 5.08. The number of hydrogen-bond donors (Lipinski definition) is 0. The molecular weight excluding hydrogens is 136 g/mol. The third-order valence-corrected chi connectivity index (χ3v) is 1.46. The predicted octanol–water partition coefficient (Wildman–Crippen LogP) is 3.06. The third kappa shape index (κ3) is 4.43. The van der Waals surface area contributed by atoms with E-state index in [0.29, 0.717) is 0 Å². The van der Waals surface area contributed by atoms with E-state index in [0.717, 1.165) is 17.8 Å². The molecule has 0 saturated heterocycles. The van der Waals surface area contributed by atoms with Crippen LogP contribution in [0.3, 0.4) is 0 Å². The Morgan fingerprint density at radius 2 is 2.09 bits per heavy atom. The third-order valence-electron chi connectivity index (χ3n) is 1.46. The van der Waals surface area contributed by atoms with Crippen molar-refractivity contribution in [1.82, 2.24) is 0 Å². The van der Waals surface area contributed by atoms with Crippen LogP contribution in [-0.4, -0.2) is 7.11 Å². The summed E-state index contributed by atoms with van der Waals surface area (Å²) in [5.41, 5.74) is 1.15. The van der Waals surface area contributed by atoms with Gasteiger partial charge in [-0.05, 0) is 13.0 Å². The Morgan fingerprint density at radius 1 is 1.45 bits per heavy atom. The highest BCUT2D eigenvalue weighted by Gasteiger charge is 1.86. The van der Waals surface area contributed by atoms with Gasteiger partial charge in [-0.1, -0.05) is 31.2 Å². The standard InChI is InChI=1S/C10H16O/c1-5-9(3)7-8-10(6-2)11-4/h5,7-8H,1,6H2,2-4H3/b9-7-,10-8+. The molecule has 0 aliphatic rings. The van der Waals surface area contributed by atoms with Crippen LogP contribution in [0.25, 0.3) is 0 Å². The van der Waals surface area contributed by atoms with E-state index in [4.69, 9.17) is 4.74 Å². The summed E-state index contributed by atoms with van der Waals surface area (Å²) in [6.45, 7) is 7.72. The first-order valence-corrected chi connectivity index (χ1v) is 3.78. The molecule has 0 unspecified atom stereocenters. The summed E-state index contributed by atoms with van der Waals surface area (Å²) in [5, 5.41) is 0. The van der Waals surface area contributed by atoms with Crippen LogP contribution in [-0.2, 0) is 4.74 Å². The molecule has 1 heteroatoms. The molecule has 0 amide bonds. The monoisotopic (exact) mass is 152 g/mol. The first-order chi connectivity index (χ1) is 5.24. The van der Waals surface area contributed by atoms with E-state index in [1.54, 1.807) is 7.11 Å². The Bertz CT molecular complexity index is 169. The summed E-state index contributed by atoms with van der Waals surface area (Å²) in [4.78, 5) is 0. The molecule has 1 nitrogen and oxygen atoms in total. The number of methoxy groups -OCH3 is 1. The molecule has 0 N–H and O–H groups in total. The summed E-state index contributed by atoms with van der Waals surface area (Å²) in [5.74, 6) is 0.992. The van der Waals surface area contributed by atoms with Crippen molar-refractivity contribution >= 4 is 0 Å². The Hall–Kier alpha value is -0.980. The second kappa shape index (κ2) is 5.78. The molecule has 11 heavy (non-hydrogen) atoms. The van der Waals surface area contributed by atoms with Crippen molar-refractivity contribution in [1.29, 1.82) is 0 Å². The molecule has 0 aliphatic carbocycles. The molecular formula is C10H16O. The first kappa shape index (κ1) is 10.0. The van der Waals surface area contributed by atoms with Crippen LogP contribution in [0, 0.1) is 0 Å². The highest BCUT2D eigenvalue weighted by Crippen LogP contribution is 2.02. The van der Waals surface area contributed by atoms with Crippen LogP contribution in [0.1, 0.15) is 20.3 Å². The van der Waals surface area contributed by atoms with Gasteiger partial charge in [0.05, 0.1) is 12.9 Å². The van der Waals surface area contributed by atoms with Crippen LogP contribution < -0.4 is 0 Å². The lowest BCUT2D eigenvalue weighted by Gasteiger charge is -1.99. The van der Waals surface area contributed by atoms with Gasteiger partial charge in [0.2, 0.25) is 0 Å². The van der Waals surface area contributed by atoms with E-state index in [1.165, 1.54) is 0 Å². The molecule has 0 radical (unpaired) electrons. The number of ether oxygens (including phenoxy) is 1. The van der Waals surface area contributed by atoms with Gasteiger partial charge in [-0.3, -0.25) is 0 Å². The minimum atomic E-state index is 0.928. The van der Waals surface area contributed by atoms with Gasteiger partial charge >= 0.3 is 0 Å². The summed E-state index contributed by atoms with van der Waals surface area (Å²) in [6.07, 6.45) is 6.71. The maximum Gasteiger partial charge on any atom is 0.0952 e. The second-order valence-corrected chi connectivity index (χ2v) is 2.31. The summed E-state index contributed by atoms with van der Waals surface area (Å²) in [6, 6.07) is 0. The van der Waals surface area contributed by atoms with Crippen LogP contribution in [0.2, 0.25) is 0 Å². The predicted molar refractivity (Wildman–Crippen MR) is 49.3 cm³/mol. The Morgan fingerprint density at radius 3 is 2.45 bits per heavy atom. The van der Waals surface area contributed by atoms with Crippen molar-refractivity contribution in [2.24, 2.45) is 0 Å². The van der Waals surface area contributed by atoms with E-state index in [-0.39, 0.29) is 0 Å². The molecule has 0 aromatic rings. The zero-order chi connectivity index (χ0) is 8.69. The largest absolute Gasteiger partial charge is 0.501 e. The lowest BCUT2D eigenvalue weighted by Crippen LogP contribution is -1.82. The fourth-order valence-corrected chi connectivity index (χ4v) is 0.623. The number of rotatable bonds is 4. The first-order valence-electron chi connectivity index (χ1n) is 3.78. The van der Waals surface area contributed by atoms with E-state index in [1.807, 2.05) is 25.2 Å². The Labute approximate surface area is 69.1 Å². The highest BCUT2D eigenvalue weighted by molar-refractivity contribution is 5.20. The minimum absolute atomic E-state index is 0.928. The molecule has 0 saturated carbocycles. The maximum atomic E-state index is 5.08. The Balaban J connectivity index is 4.17. The minimum Gasteiger partial charge on any atom is -0.501 e. The molecule has 0 rings (SSSR count). The van der Waals surface area contributed by atoms with Gasteiger partial charge in [0.1, 0.15) is 0 Å². The average molecular weight is 152 g/mol. The molecule has 62 valence electrons. The van der Waals surface area contributed by atoms with Crippen molar-refractivity contribution in [2.75, 3.05) is 7.11 Å². The van der Waals surface area contributed by atoms with Gasteiger partial charge in [0.15, 0.2) is 0 Å². The van der Waals surface area contributed by atoms with Crippen molar-refractivity contribution < 1.29 is 4.74 Å². The van der Waals surface area contributed by atoms with Gasteiger partial charge in [-0.25, -0.2) is 0 Å². The van der Waals surface area contributed by atoms with Crippen LogP contribution in [0.15, 0.2) is 36.1 Å². The molecule has 0 aromatic carbocycles. The zero-order valence-electron chi connectivity index (χ0n) is 7.55. The van der Waals surface area contributed by atoms with Crippen molar-refractivity contribution in [2.45, 2.75) is 20.3 Å². The van der Waals surface area contributed by atoms with E-state index in [2.05, 4.69) is 13.5 Å². The molecule has 0 heterocycles. The molecule has 0 fully saturated rings. The fourth-order valence-electron chi connectivity index (χ4n) is 0.623. The van der Waals surface area contributed by atoms with Gasteiger partial charge in [-0.15, -0.1) is 0 Å². The summed E-state index contributed by atoms with van der Waals surface area (Å²) in [7, 11) is 1.69. The van der Waals surface area contributed by atoms with Gasteiger partial charge in [-0.2, -0.15) is 0 Å². The lowest BCUT2D eigenvalue weighted by molar-refractivity contribution is 0.281. The van der Waals surface area contributed by atoms with Crippen molar-refractivity contribution in [3.8, 4) is 0 Å². The molecule has 0 aromatic heterocycles. The SMILES string of the molecule is C=C/C(C)=C\C=C(/CC)OC. The quantitative estimate of drug-likeness (QED) is 0.444. The Kier molecular flexibility index (Phi) is 5.26. The molecule has 0 spiro atoms. The average Bonchev–Trinajstić information content (AvgIpc) is 2.06. The highest BCUT2D eigenvalue weighted by atomic mass is 16.5. The fraction of sp³-hybridized carbons (Fsp3) is 0.400. The van der Waals surface area contributed by atoms with Crippen molar-refractivity contribution in [3.05, 3.63) is 36.1 Å². The van der Waals surface area contributed by atoms with E-state index >= 15 is 0 Å². The van der Waals surface area contributed by atoms with Crippen LogP contribution in [0.4, 0.5) is 0 Å². The smallest absolute Gasteiger partial charge is 0.0952 e. The number of hydrogen-bond acceptors (Lipinski definition) is 1. The normalized spacial score (nSPS) is 13.0. The zero-order valence-corrected chi connectivity index (χ0v) is 7.55. The topological polar surface area (TPSA) is 9.23 Å². The van der Waals surface area contributed by atoms with Crippen molar-refractivity contribution in [3.63, 3.8) is 0 Å². The van der Waals surface area contributed by atoms with Gasteiger partial charge in [0.25, 0.3) is 0 Å². The summed E-state index contributed by atoms with van der Waals surface area (Å²) < 4.78 is 5.08.